The van der Waals surface area contributed by atoms with Crippen LogP contribution in [0.3, 0.4) is 0 Å². The van der Waals surface area contributed by atoms with Gasteiger partial charge in [-0.1, -0.05) is 67.5 Å². The highest BCUT2D eigenvalue weighted by Crippen LogP contribution is 2.40. The number of allylic oxidation sites excluding steroid dienone is 10. The first-order chi connectivity index (χ1) is 16.1. The number of nitrogens with zero attached hydrogens (tertiary/aromatic N) is 1. The first-order valence-electron chi connectivity index (χ1n) is 12.3. The van der Waals surface area contributed by atoms with Crippen LogP contribution in [0.2, 0.25) is 0 Å². The molecular weight excluding hydrogens is 422 g/mol. The molecule has 1 aliphatic carbocycles. The van der Waals surface area contributed by atoms with E-state index in [0.717, 1.165) is 12.0 Å². The maximum Gasteiger partial charge on any atom is 0.306 e. The van der Waals surface area contributed by atoms with E-state index in [4.69, 9.17) is 4.74 Å². The summed E-state index contributed by atoms with van der Waals surface area (Å²) in [5.41, 5.74) is 6.20. The third-order valence-electron chi connectivity index (χ3n) is 6.47. The summed E-state index contributed by atoms with van der Waals surface area (Å²) in [6.45, 7) is 15.7. The third-order valence-corrected chi connectivity index (χ3v) is 6.47. The second-order valence-electron chi connectivity index (χ2n) is 9.94. The fourth-order valence-corrected chi connectivity index (χ4v) is 4.32. The molecule has 0 aromatic rings. The van der Waals surface area contributed by atoms with Crippen molar-refractivity contribution in [1.82, 2.24) is 4.90 Å². The highest BCUT2D eigenvalue weighted by molar-refractivity contribution is 5.92. The monoisotopic (exact) mass is 463 g/mol. The molecule has 2 aliphatic rings. The van der Waals surface area contributed by atoms with Crippen LogP contribution in [0.15, 0.2) is 83.2 Å². The van der Waals surface area contributed by atoms with E-state index in [1.807, 2.05) is 25.2 Å². The summed E-state index contributed by atoms with van der Waals surface area (Å²) in [6, 6.07) is 0. The molecule has 0 unspecified atom stereocenters. The number of ether oxygens (including phenoxy) is 1. The summed E-state index contributed by atoms with van der Waals surface area (Å²) in [4.78, 5) is 25.2. The highest BCUT2D eigenvalue weighted by Gasteiger charge is 2.26. The topological polar surface area (TPSA) is 46.6 Å². The van der Waals surface area contributed by atoms with Gasteiger partial charge in [-0.3, -0.25) is 9.59 Å². The standard InChI is InChI=1S/C30H41NO3/c1-23(15-17-27-25(3)13-10-20-30(27,5)6)11-9-12-24(2)19-22-34-29(33)14-7-8-21-31-26(4)16-18-28(31)32/h9,11-12,15-19H,4,7-8,10,13-14,20-22H2,1-3,5-6H3/b12-9+,17-15+,23-11+,24-19+. The second kappa shape index (κ2) is 13.1. The van der Waals surface area contributed by atoms with Crippen molar-refractivity contribution < 1.29 is 14.3 Å². The molecule has 0 aromatic heterocycles. The molecule has 4 nitrogen and oxygen atoms in total. The minimum absolute atomic E-state index is 0.0389. The van der Waals surface area contributed by atoms with Crippen LogP contribution in [0.4, 0.5) is 0 Å². The van der Waals surface area contributed by atoms with Gasteiger partial charge < -0.3 is 9.64 Å². The summed E-state index contributed by atoms with van der Waals surface area (Å²) in [6.07, 6.45) is 21.3. The zero-order valence-electron chi connectivity index (χ0n) is 21.7. The van der Waals surface area contributed by atoms with Gasteiger partial charge in [-0.2, -0.15) is 0 Å². The third kappa shape index (κ3) is 8.81. The zero-order chi connectivity index (χ0) is 25.1. The van der Waals surface area contributed by atoms with Gasteiger partial charge in [-0.25, -0.2) is 0 Å². The number of esters is 1. The minimum Gasteiger partial charge on any atom is -0.461 e. The fourth-order valence-electron chi connectivity index (χ4n) is 4.32. The summed E-state index contributed by atoms with van der Waals surface area (Å²) < 4.78 is 5.30. The molecule has 0 spiro atoms. The van der Waals surface area contributed by atoms with Crippen LogP contribution in [0.5, 0.6) is 0 Å². The summed E-state index contributed by atoms with van der Waals surface area (Å²) in [5, 5.41) is 0. The van der Waals surface area contributed by atoms with Gasteiger partial charge in [0.15, 0.2) is 0 Å². The molecule has 34 heavy (non-hydrogen) atoms. The van der Waals surface area contributed by atoms with E-state index in [0.29, 0.717) is 25.1 Å². The van der Waals surface area contributed by atoms with Gasteiger partial charge in [0.2, 0.25) is 0 Å². The Labute approximate surface area is 206 Å². The zero-order valence-corrected chi connectivity index (χ0v) is 21.7. The van der Waals surface area contributed by atoms with Crippen LogP contribution >= 0.6 is 0 Å². The van der Waals surface area contributed by atoms with Crippen molar-refractivity contribution in [3.8, 4) is 0 Å². The second-order valence-corrected chi connectivity index (χ2v) is 9.94. The predicted molar refractivity (Wildman–Crippen MR) is 141 cm³/mol. The molecule has 0 atom stereocenters. The molecule has 0 saturated heterocycles. The van der Waals surface area contributed by atoms with Crippen molar-refractivity contribution in [2.45, 2.75) is 73.1 Å². The van der Waals surface area contributed by atoms with Gasteiger partial charge in [0.05, 0.1) is 0 Å². The molecule has 0 bridgehead atoms. The van der Waals surface area contributed by atoms with Gasteiger partial charge in [0, 0.05) is 24.7 Å². The summed E-state index contributed by atoms with van der Waals surface area (Å²) in [7, 11) is 0. The predicted octanol–water partition coefficient (Wildman–Crippen LogP) is 7.14. The van der Waals surface area contributed by atoms with Gasteiger partial charge in [0.25, 0.3) is 5.91 Å². The normalized spacial score (nSPS) is 19.3. The van der Waals surface area contributed by atoms with E-state index in [-0.39, 0.29) is 23.9 Å². The highest BCUT2D eigenvalue weighted by atomic mass is 16.5. The molecule has 1 aliphatic heterocycles. The van der Waals surface area contributed by atoms with Crippen LogP contribution in [0, 0.1) is 5.41 Å². The number of unbranched alkanes of at least 4 members (excludes halogenated alkanes) is 1. The average molecular weight is 464 g/mol. The van der Waals surface area contributed by atoms with Crippen LogP contribution in [0.1, 0.15) is 73.1 Å². The van der Waals surface area contributed by atoms with E-state index in [9.17, 15) is 9.59 Å². The lowest BCUT2D eigenvalue weighted by Crippen LogP contribution is -2.24. The lowest BCUT2D eigenvalue weighted by molar-refractivity contribution is -0.142. The first kappa shape index (κ1) is 27.4. The van der Waals surface area contributed by atoms with E-state index in [2.05, 4.69) is 52.5 Å². The molecule has 0 saturated carbocycles. The molecular formula is C30H41NO3. The number of carbonyl (C=O) groups is 2. The van der Waals surface area contributed by atoms with Crippen molar-refractivity contribution in [1.29, 1.82) is 0 Å². The van der Waals surface area contributed by atoms with Crippen LogP contribution in [-0.4, -0.2) is 29.9 Å². The van der Waals surface area contributed by atoms with Crippen molar-refractivity contribution >= 4 is 11.9 Å². The average Bonchev–Trinajstić information content (AvgIpc) is 3.08. The Balaban J connectivity index is 1.69. The fraction of sp³-hybridized carbons (Fsp3) is 0.467. The Morgan fingerprint density at radius 3 is 2.62 bits per heavy atom. The van der Waals surface area contributed by atoms with Gasteiger partial charge in [-0.05, 0) is 76.0 Å². The largest absolute Gasteiger partial charge is 0.461 e. The Bertz CT molecular complexity index is 936. The van der Waals surface area contributed by atoms with Gasteiger partial charge in [0.1, 0.15) is 6.61 Å². The lowest BCUT2D eigenvalue weighted by atomic mass is 9.72. The molecule has 184 valence electrons. The first-order valence-corrected chi connectivity index (χ1v) is 12.3. The van der Waals surface area contributed by atoms with Crippen molar-refractivity contribution in [2.24, 2.45) is 5.41 Å². The van der Waals surface area contributed by atoms with Crippen molar-refractivity contribution in [3.63, 3.8) is 0 Å². The van der Waals surface area contributed by atoms with Crippen molar-refractivity contribution in [2.75, 3.05) is 13.2 Å². The number of amides is 1. The number of hydrogen-bond donors (Lipinski definition) is 0. The molecule has 4 heteroatoms. The molecule has 1 amide bonds. The van der Waals surface area contributed by atoms with Crippen LogP contribution in [0.25, 0.3) is 0 Å². The number of rotatable bonds is 11. The Morgan fingerprint density at radius 2 is 1.94 bits per heavy atom. The minimum atomic E-state index is -0.214. The van der Waals surface area contributed by atoms with Gasteiger partial charge in [-0.15, -0.1) is 0 Å². The maximum absolute atomic E-state index is 11.9. The van der Waals surface area contributed by atoms with E-state index in [1.54, 1.807) is 11.0 Å². The quantitative estimate of drug-likeness (QED) is 0.186. The van der Waals surface area contributed by atoms with Crippen LogP contribution < -0.4 is 0 Å². The molecule has 0 radical (unpaired) electrons. The van der Waals surface area contributed by atoms with E-state index >= 15 is 0 Å². The smallest absolute Gasteiger partial charge is 0.306 e. The van der Waals surface area contributed by atoms with Crippen LogP contribution in [-0.2, 0) is 14.3 Å². The molecule has 1 heterocycles. The van der Waals surface area contributed by atoms with Crippen molar-refractivity contribution in [3.05, 3.63) is 83.2 Å². The molecule has 2 rings (SSSR count). The van der Waals surface area contributed by atoms with Gasteiger partial charge >= 0.3 is 5.97 Å². The molecule has 0 aromatic carbocycles. The lowest BCUT2D eigenvalue weighted by Gasteiger charge is -2.32. The Kier molecular flexibility index (Phi) is 10.6. The maximum atomic E-state index is 11.9. The van der Waals surface area contributed by atoms with E-state index < -0.39 is 0 Å². The van der Waals surface area contributed by atoms with E-state index in [1.165, 1.54) is 42.1 Å². The summed E-state index contributed by atoms with van der Waals surface area (Å²) in [5.74, 6) is -0.253. The molecule has 0 fully saturated rings. The number of hydrogen-bond acceptors (Lipinski definition) is 3. The molecule has 0 N–H and O–H groups in total. The Hall–Kier alpha value is -2.88. The SMILES string of the molecule is C=C1C=CC(=O)N1CCCCC(=O)OC/C=C(C)/C=C/C=C(C)/C=C/C1=C(C)CCCC1(C)C. The number of carbonyl (C=O) groups excluding carboxylic acids is 2. The summed E-state index contributed by atoms with van der Waals surface area (Å²) >= 11 is 0. The Morgan fingerprint density at radius 1 is 1.18 bits per heavy atom.